The van der Waals surface area contributed by atoms with Crippen LogP contribution in [-0.4, -0.2) is 21.9 Å². The van der Waals surface area contributed by atoms with Crippen LogP contribution in [-0.2, 0) is 11.2 Å². The van der Waals surface area contributed by atoms with Gasteiger partial charge in [0.05, 0.1) is 6.42 Å². The highest BCUT2D eigenvalue weighted by Crippen LogP contribution is 2.19. The number of rotatable bonds is 8. The minimum atomic E-state index is -0.107. The molecular formula is C20H21N3O2S. The first kappa shape index (κ1) is 18.2. The first-order valence-electron chi connectivity index (χ1n) is 8.55. The summed E-state index contributed by atoms with van der Waals surface area (Å²) in [5.74, 6) is 1.27. The number of aryl methyl sites for hydroxylation is 1. The maximum absolute atomic E-state index is 12.0. The van der Waals surface area contributed by atoms with Crippen LogP contribution in [0.2, 0.25) is 0 Å². The predicted molar refractivity (Wildman–Crippen MR) is 103 cm³/mol. The fraction of sp³-hybridized carbons (Fsp3) is 0.250. The Bertz CT molecular complexity index is 832. The van der Waals surface area contributed by atoms with Crippen molar-refractivity contribution in [1.82, 2.24) is 10.2 Å². The zero-order valence-electron chi connectivity index (χ0n) is 14.6. The molecule has 1 heterocycles. The lowest BCUT2D eigenvalue weighted by atomic mass is 10.2. The van der Waals surface area contributed by atoms with Crippen LogP contribution in [0.3, 0.4) is 0 Å². The van der Waals surface area contributed by atoms with E-state index in [1.54, 1.807) is 11.8 Å². The highest BCUT2D eigenvalue weighted by molar-refractivity contribution is 7.99. The van der Waals surface area contributed by atoms with Crippen LogP contribution in [0, 0.1) is 6.92 Å². The standard InChI is InChI=1S/C20H21N3O2S/c1-15-9-11-17(12-10-15)26-13-5-8-18(24)21-20-23-22-19(25-20)14-16-6-3-2-4-7-16/h2-4,6-7,9-12H,5,8,13-14H2,1H3,(H,21,23,24). The Kier molecular flexibility index (Phi) is 6.44. The summed E-state index contributed by atoms with van der Waals surface area (Å²) < 4.78 is 5.49. The van der Waals surface area contributed by atoms with Gasteiger partial charge in [0.2, 0.25) is 11.8 Å². The average Bonchev–Trinajstić information content (AvgIpc) is 3.08. The summed E-state index contributed by atoms with van der Waals surface area (Å²) >= 11 is 1.75. The fourth-order valence-electron chi connectivity index (χ4n) is 2.39. The molecule has 3 aromatic rings. The first-order chi connectivity index (χ1) is 12.7. The quantitative estimate of drug-likeness (QED) is 0.470. The van der Waals surface area contributed by atoms with E-state index in [-0.39, 0.29) is 11.9 Å². The monoisotopic (exact) mass is 367 g/mol. The van der Waals surface area contributed by atoms with E-state index in [1.165, 1.54) is 10.5 Å². The van der Waals surface area contributed by atoms with Crippen molar-refractivity contribution in [3.8, 4) is 0 Å². The summed E-state index contributed by atoms with van der Waals surface area (Å²) in [4.78, 5) is 13.2. The molecule has 0 spiro atoms. The molecule has 1 amide bonds. The van der Waals surface area contributed by atoms with Gasteiger partial charge in [0, 0.05) is 11.3 Å². The maximum atomic E-state index is 12.0. The van der Waals surface area contributed by atoms with Gasteiger partial charge >= 0.3 is 6.01 Å². The van der Waals surface area contributed by atoms with Crippen LogP contribution in [0.15, 0.2) is 63.9 Å². The van der Waals surface area contributed by atoms with Gasteiger partial charge in [-0.25, -0.2) is 0 Å². The van der Waals surface area contributed by atoms with E-state index in [0.717, 1.165) is 17.7 Å². The van der Waals surface area contributed by atoms with Gasteiger partial charge < -0.3 is 4.42 Å². The number of hydrogen-bond donors (Lipinski definition) is 1. The molecule has 0 atom stereocenters. The van der Waals surface area contributed by atoms with Crippen LogP contribution < -0.4 is 5.32 Å². The number of amides is 1. The lowest BCUT2D eigenvalue weighted by Crippen LogP contribution is -2.11. The Hall–Kier alpha value is -2.60. The van der Waals surface area contributed by atoms with Crippen LogP contribution in [0.5, 0.6) is 0 Å². The van der Waals surface area contributed by atoms with Gasteiger partial charge in [-0.15, -0.1) is 16.9 Å². The average molecular weight is 367 g/mol. The lowest BCUT2D eigenvalue weighted by molar-refractivity contribution is -0.116. The highest BCUT2D eigenvalue weighted by atomic mass is 32.2. The molecule has 26 heavy (non-hydrogen) atoms. The lowest BCUT2D eigenvalue weighted by Gasteiger charge is -2.02. The third kappa shape index (κ3) is 5.74. The number of carbonyl (C=O) groups is 1. The Balaban J connectivity index is 1.39. The Morgan fingerprint density at radius 1 is 1.08 bits per heavy atom. The molecule has 0 saturated carbocycles. The van der Waals surface area contributed by atoms with Gasteiger partial charge in [-0.2, -0.15) is 0 Å². The van der Waals surface area contributed by atoms with E-state index in [2.05, 4.69) is 46.7 Å². The van der Waals surface area contributed by atoms with E-state index in [1.807, 2.05) is 30.3 Å². The Morgan fingerprint density at radius 3 is 2.62 bits per heavy atom. The Labute approximate surface area is 157 Å². The van der Waals surface area contributed by atoms with Gasteiger partial charge in [-0.3, -0.25) is 10.1 Å². The third-order valence-electron chi connectivity index (χ3n) is 3.75. The van der Waals surface area contributed by atoms with Crippen molar-refractivity contribution in [2.24, 2.45) is 0 Å². The summed E-state index contributed by atoms with van der Waals surface area (Å²) in [6, 6.07) is 18.4. The molecule has 1 aromatic heterocycles. The molecule has 0 aliphatic heterocycles. The second kappa shape index (κ2) is 9.20. The van der Waals surface area contributed by atoms with E-state index in [0.29, 0.717) is 18.7 Å². The smallest absolute Gasteiger partial charge is 0.322 e. The minimum Gasteiger partial charge on any atom is -0.407 e. The summed E-state index contributed by atoms with van der Waals surface area (Å²) in [6.45, 7) is 2.07. The number of aromatic nitrogens is 2. The maximum Gasteiger partial charge on any atom is 0.322 e. The summed E-state index contributed by atoms with van der Waals surface area (Å²) in [5, 5.41) is 10.5. The molecule has 3 rings (SSSR count). The molecule has 5 nitrogen and oxygen atoms in total. The normalized spacial score (nSPS) is 10.7. The van der Waals surface area contributed by atoms with Crippen LogP contribution in [0.4, 0.5) is 6.01 Å². The largest absolute Gasteiger partial charge is 0.407 e. The molecule has 0 aliphatic carbocycles. The van der Waals surface area contributed by atoms with Gasteiger partial charge in [-0.05, 0) is 36.8 Å². The molecule has 0 bridgehead atoms. The second-order valence-corrected chi connectivity index (χ2v) is 7.14. The summed E-state index contributed by atoms with van der Waals surface area (Å²) in [6.07, 6.45) is 1.77. The SMILES string of the molecule is Cc1ccc(SCCCC(=O)Nc2nnc(Cc3ccccc3)o2)cc1. The van der Waals surface area contributed by atoms with Gasteiger partial charge in [0.15, 0.2) is 0 Å². The first-order valence-corrected chi connectivity index (χ1v) is 9.53. The summed E-state index contributed by atoms with van der Waals surface area (Å²) in [7, 11) is 0. The number of nitrogens with one attached hydrogen (secondary N) is 1. The fourth-order valence-corrected chi connectivity index (χ4v) is 3.24. The van der Waals surface area contributed by atoms with Crippen molar-refractivity contribution >= 4 is 23.7 Å². The molecule has 1 N–H and O–H groups in total. The van der Waals surface area contributed by atoms with Crippen LogP contribution in [0.1, 0.15) is 29.9 Å². The third-order valence-corrected chi connectivity index (χ3v) is 4.85. The van der Waals surface area contributed by atoms with Gasteiger partial charge in [0.1, 0.15) is 0 Å². The number of thioether (sulfide) groups is 1. The number of carbonyl (C=O) groups excluding carboxylic acids is 1. The molecule has 0 fully saturated rings. The molecule has 134 valence electrons. The highest BCUT2D eigenvalue weighted by Gasteiger charge is 2.10. The zero-order chi connectivity index (χ0) is 18.2. The van der Waals surface area contributed by atoms with Gasteiger partial charge in [0.25, 0.3) is 0 Å². The number of benzene rings is 2. The van der Waals surface area contributed by atoms with Gasteiger partial charge in [-0.1, -0.05) is 53.1 Å². The van der Waals surface area contributed by atoms with E-state index in [9.17, 15) is 4.79 Å². The number of nitrogens with zero attached hydrogens (tertiary/aromatic N) is 2. The van der Waals surface area contributed by atoms with Crippen molar-refractivity contribution in [2.75, 3.05) is 11.1 Å². The predicted octanol–water partition coefficient (Wildman–Crippen LogP) is 4.48. The zero-order valence-corrected chi connectivity index (χ0v) is 15.5. The van der Waals surface area contributed by atoms with E-state index in [4.69, 9.17) is 4.42 Å². The molecule has 0 aliphatic rings. The minimum absolute atomic E-state index is 0.107. The molecular weight excluding hydrogens is 346 g/mol. The molecule has 0 unspecified atom stereocenters. The van der Waals surface area contributed by atoms with E-state index >= 15 is 0 Å². The van der Waals surface area contributed by atoms with E-state index < -0.39 is 0 Å². The van der Waals surface area contributed by atoms with Crippen molar-refractivity contribution < 1.29 is 9.21 Å². The second-order valence-electron chi connectivity index (χ2n) is 5.98. The van der Waals surface area contributed by atoms with Crippen molar-refractivity contribution in [2.45, 2.75) is 31.1 Å². The molecule has 6 heteroatoms. The van der Waals surface area contributed by atoms with Crippen LogP contribution >= 0.6 is 11.8 Å². The van der Waals surface area contributed by atoms with Crippen molar-refractivity contribution in [3.63, 3.8) is 0 Å². The van der Waals surface area contributed by atoms with Crippen molar-refractivity contribution in [1.29, 1.82) is 0 Å². The van der Waals surface area contributed by atoms with Crippen molar-refractivity contribution in [3.05, 3.63) is 71.6 Å². The summed E-state index contributed by atoms with van der Waals surface area (Å²) in [5.41, 5.74) is 2.34. The Morgan fingerprint density at radius 2 is 1.85 bits per heavy atom. The molecule has 2 aromatic carbocycles. The molecule has 0 radical (unpaired) electrons. The van der Waals surface area contributed by atoms with Crippen LogP contribution in [0.25, 0.3) is 0 Å². The topological polar surface area (TPSA) is 68.0 Å². The number of anilines is 1. The number of hydrogen-bond acceptors (Lipinski definition) is 5. The molecule has 0 saturated heterocycles.